The number of para-hydroxylation sites is 3. The minimum Gasteiger partial charge on any atom is -0.378 e. The van der Waals surface area contributed by atoms with Crippen LogP contribution in [0.5, 0.6) is 5.75 Å². The number of nitrogens with zero attached hydrogens (tertiary/aromatic N) is 2. The van der Waals surface area contributed by atoms with Crippen molar-refractivity contribution in [1.29, 1.82) is 0 Å². The Kier molecular flexibility index (Phi) is 4.38. The number of thiazole rings is 1. The van der Waals surface area contributed by atoms with Gasteiger partial charge in [0.1, 0.15) is 10.6 Å². The predicted molar refractivity (Wildman–Crippen MR) is 116 cm³/mol. The summed E-state index contributed by atoms with van der Waals surface area (Å²) >= 11 is 1.25. The highest BCUT2D eigenvalue weighted by Crippen LogP contribution is 2.24. The molecular formula is C22H14N2O4S2. The molecule has 0 amide bonds. The third-order valence-corrected chi connectivity index (χ3v) is 6.80. The van der Waals surface area contributed by atoms with Gasteiger partial charge in [-0.1, -0.05) is 59.9 Å². The number of rotatable bonds is 4. The van der Waals surface area contributed by atoms with Crippen molar-refractivity contribution in [3.63, 3.8) is 0 Å². The van der Waals surface area contributed by atoms with Gasteiger partial charge in [0.2, 0.25) is 0 Å². The maximum atomic E-state index is 13.0. The molecule has 0 atom stereocenters. The van der Waals surface area contributed by atoms with Crippen molar-refractivity contribution in [3.05, 3.63) is 99.3 Å². The molecule has 5 rings (SSSR count). The zero-order chi connectivity index (χ0) is 20.7. The average molecular weight is 434 g/mol. The van der Waals surface area contributed by atoms with Crippen molar-refractivity contribution in [3.8, 4) is 5.75 Å². The number of aromatic nitrogens is 2. The third-order valence-electron chi connectivity index (χ3n) is 4.58. The van der Waals surface area contributed by atoms with E-state index in [1.807, 2.05) is 24.3 Å². The number of fused-ring (bicyclic) bond motifs is 3. The first kappa shape index (κ1) is 18.5. The first-order valence-corrected chi connectivity index (χ1v) is 11.3. The summed E-state index contributed by atoms with van der Waals surface area (Å²) in [6, 6.07) is 22.1. The highest BCUT2D eigenvalue weighted by molar-refractivity contribution is 7.87. The van der Waals surface area contributed by atoms with Gasteiger partial charge in [-0.2, -0.15) is 8.42 Å². The third kappa shape index (κ3) is 3.16. The summed E-state index contributed by atoms with van der Waals surface area (Å²) < 4.78 is 32.6. The molecule has 0 aliphatic rings. The smallest absolute Gasteiger partial charge is 0.339 e. The van der Waals surface area contributed by atoms with Crippen molar-refractivity contribution in [2.45, 2.75) is 4.90 Å². The summed E-state index contributed by atoms with van der Waals surface area (Å²) in [4.78, 5) is 18.1. The second kappa shape index (κ2) is 7.08. The summed E-state index contributed by atoms with van der Waals surface area (Å²) in [7, 11) is -3.99. The van der Waals surface area contributed by atoms with Gasteiger partial charge in [0.25, 0.3) is 5.56 Å². The Morgan fingerprint density at radius 1 is 0.900 bits per heavy atom. The lowest BCUT2D eigenvalue weighted by atomic mass is 10.2. The normalized spacial score (nSPS) is 12.6. The van der Waals surface area contributed by atoms with Crippen LogP contribution in [0.25, 0.3) is 22.1 Å². The van der Waals surface area contributed by atoms with Crippen molar-refractivity contribution in [2.75, 3.05) is 0 Å². The van der Waals surface area contributed by atoms with E-state index < -0.39 is 10.1 Å². The maximum absolute atomic E-state index is 13.0. The Hall–Kier alpha value is -3.49. The topological polar surface area (TPSA) is 77.7 Å². The van der Waals surface area contributed by atoms with Crippen LogP contribution in [0, 0.1) is 0 Å². The second-order valence-corrected chi connectivity index (χ2v) is 9.08. The van der Waals surface area contributed by atoms with Gasteiger partial charge in [0.05, 0.1) is 15.6 Å². The van der Waals surface area contributed by atoms with Gasteiger partial charge in [0, 0.05) is 5.56 Å². The van der Waals surface area contributed by atoms with Crippen LogP contribution in [0.1, 0.15) is 5.56 Å². The Bertz CT molecular complexity index is 1600. The quantitative estimate of drug-likeness (QED) is 0.406. The molecule has 0 unspecified atom stereocenters. The standard InChI is InChI=1S/C22H14N2O4S2/c25-21-20(29-22-23-17-11-5-6-12-18(17)24(21)22)14-15-8-4-7-13-19(15)28-30(26,27)16-9-2-1-3-10-16/h1-14H/b20-14-. The Balaban J connectivity index is 1.62. The average Bonchev–Trinajstić information content (AvgIpc) is 3.26. The summed E-state index contributed by atoms with van der Waals surface area (Å²) in [5, 5.41) is 0. The van der Waals surface area contributed by atoms with E-state index in [1.165, 1.54) is 23.5 Å². The van der Waals surface area contributed by atoms with E-state index in [0.717, 1.165) is 11.0 Å². The molecule has 0 spiro atoms. The molecule has 0 saturated carbocycles. The molecule has 0 bridgehead atoms. The number of hydrogen-bond acceptors (Lipinski definition) is 6. The first-order valence-electron chi connectivity index (χ1n) is 9.03. The van der Waals surface area contributed by atoms with Crippen LogP contribution in [-0.2, 0) is 10.1 Å². The highest BCUT2D eigenvalue weighted by Gasteiger charge is 2.18. The van der Waals surface area contributed by atoms with E-state index in [4.69, 9.17) is 4.18 Å². The fourth-order valence-corrected chi connectivity index (χ4v) is 5.13. The molecular weight excluding hydrogens is 420 g/mol. The molecule has 2 heterocycles. The van der Waals surface area contributed by atoms with Gasteiger partial charge in [-0.25, -0.2) is 9.38 Å². The molecule has 6 nitrogen and oxygen atoms in total. The minimum atomic E-state index is -3.99. The lowest BCUT2D eigenvalue weighted by Gasteiger charge is -2.09. The van der Waals surface area contributed by atoms with E-state index in [0.29, 0.717) is 15.1 Å². The largest absolute Gasteiger partial charge is 0.378 e. The summed E-state index contributed by atoms with van der Waals surface area (Å²) in [5.41, 5.74) is 1.78. The summed E-state index contributed by atoms with van der Waals surface area (Å²) in [5.74, 6) is 0.150. The summed E-state index contributed by atoms with van der Waals surface area (Å²) in [6.07, 6.45) is 1.63. The maximum Gasteiger partial charge on any atom is 0.339 e. The van der Waals surface area contributed by atoms with Crippen molar-refractivity contribution >= 4 is 43.5 Å². The lowest BCUT2D eigenvalue weighted by Crippen LogP contribution is -2.22. The van der Waals surface area contributed by atoms with Crippen LogP contribution in [0.15, 0.2) is 88.6 Å². The molecule has 8 heteroatoms. The van der Waals surface area contributed by atoms with Crippen molar-refractivity contribution in [2.24, 2.45) is 0 Å². The van der Waals surface area contributed by atoms with Crippen LogP contribution in [0.3, 0.4) is 0 Å². The van der Waals surface area contributed by atoms with Gasteiger partial charge in [-0.3, -0.25) is 4.79 Å². The van der Waals surface area contributed by atoms with Crippen LogP contribution in [-0.4, -0.2) is 17.8 Å². The number of imidazole rings is 1. The Labute approximate surface area is 175 Å². The van der Waals surface area contributed by atoms with Gasteiger partial charge >= 0.3 is 10.1 Å². The van der Waals surface area contributed by atoms with Gasteiger partial charge in [-0.05, 0) is 36.4 Å². The van der Waals surface area contributed by atoms with E-state index in [9.17, 15) is 13.2 Å². The summed E-state index contributed by atoms with van der Waals surface area (Å²) in [6.45, 7) is 0. The van der Waals surface area contributed by atoms with Crippen LogP contribution < -0.4 is 14.3 Å². The molecule has 30 heavy (non-hydrogen) atoms. The molecule has 148 valence electrons. The molecule has 0 saturated heterocycles. The van der Waals surface area contributed by atoms with Gasteiger partial charge in [0.15, 0.2) is 4.96 Å². The van der Waals surface area contributed by atoms with Gasteiger partial charge < -0.3 is 4.18 Å². The van der Waals surface area contributed by atoms with Crippen LogP contribution >= 0.6 is 11.3 Å². The Morgan fingerprint density at radius 2 is 1.60 bits per heavy atom. The molecule has 0 aliphatic heterocycles. The molecule has 2 aromatic heterocycles. The highest BCUT2D eigenvalue weighted by atomic mass is 32.2. The zero-order valence-corrected chi connectivity index (χ0v) is 17.1. The van der Waals surface area contributed by atoms with Crippen LogP contribution in [0.4, 0.5) is 0 Å². The lowest BCUT2D eigenvalue weighted by molar-refractivity contribution is 0.485. The second-order valence-electron chi connectivity index (χ2n) is 6.52. The van der Waals surface area contributed by atoms with E-state index in [-0.39, 0.29) is 16.2 Å². The SMILES string of the molecule is O=c1/c(=C/c2ccccc2OS(=O)(=O)c2ccccc2)sc2nc3ccccc3n12. The molecule has 0 fully saturated rings. The molecule has 0 aliphatic carbocycles. The first-order chi connectivity index (χ1) is 14.5. The van der Waals surface area contributed by atoms with Crippen molar-refractivity contribution < 1.29 is 12.6 Å². The number of hydrogen-bond donors (Lipinski definition) is 0. The van der Waals surface area contributed by atoms with E-state index in [2.05, 4.69) is 4.98 Å². The zero-order valence-electron chi connectivity index (χ0n) is 15.4. The fourth-order valence-electron chi connectivity index (χ4n) is 3.18. The molecule has 0 N–H and O–H groups in total. The predicted octanol–water partition coefficient (Wildman–Crippen LogP) is 3.22. The number of benzene rings is 3. The van der Waals surface area contributed by atoms with Crippen molar-refractivity contribution in [1.82, 2.24) is 9.38 Å². The van der Waals surface area contributed by atoms with Crippen LogP contribution in [0.2, 0.25) is 0 Å². The fraction of sp³-hybridized carbons (Fsp3) is 0. The molecule has 0 radical (unpaired) electrons. The van der Waals surface area contributed by atoms with Gasteiger partial charge in [-0.15, -0.1) is 0 Å². The van der Waals surface area contributed by atoms with E-state index in [1.54, 1.807) is 52.9 Å². The minimum absolute atomic E-state index is 0.0605. The molecule has 3 aromatic carbocycles. The Morgan fingerprint density at radius 3 is 2.43 bits per heavy atom. The molecule has 5 aromatic rings. The monoisotopic (exact) mass is 434 g/mol. The van der Waals surface area contributed by atoms with E-state index >= 15 is 0 Å².